The van der Waals surface area contributed by atoms with Crippen LogP contribution < -0.4 is 5.56 Å². The van der Waals surface area contributed by atoms with Gasteiger partial charge in [-0.3, -0.25) is 14.2 Å². The Morgan fingerprint density at radius 2 is 2.14 bits per heavy atom. The Morgan fingerprint density at radius 1 is 1.36 bits per heavy atom. The molecule has 144 valence electrons. The summed E-state index contributed by atoms with van der Waals surface area (Å²) in [5, 5.41) is 1.26. The van der Waals surface area contributed by atoms with Crippen LogP contribution in [0.15, 0.2) is 52.4 Å². The molecule has 1 aliphatic heterocycles. The predicted molar refractivity (Wildman–Crippen MR) is 114 cm³/mol. The first kappa shape index (κ1) is 19.1. The van der Waals surface area contributed by atoms with E-state index in [9.17, 15) is 9.59 Å². The summed E-state index contributed by atoms with van der Waals surface area (Å²) < 4.78 is 7.18. The first-order valence-electron chi connectivity index (χ1n) is 9.03. The molecule has 0 unspecified atom stereocenters. The quantitative estimate of drug-likeness (QED) is 0.264. The number of carbonyl (C=O) groups is 1. The Labute approximate surface area is 171 Å². The Morgan fingerprint density at radius 3 is 2.89 bits per heavy atom. The number of ether oxygens (including phenoxy) is 1. The number of hydrogen-bond donors (Lipinski definition) is 0. The van der Waals surface area contributed by atoms with Crippen LogP contribution in [0.3, 0.4) is 0 Å². The molecule has 0 saturated carbocycles. The van der Waals surface area contributed by atoms with Crippen molar-refractivity contribution in [1.82, 2.24) is 9.55 Å². The second kappa shape index (κ2) is 8.03. The molecule has 0 aliphatic carbocycles. The molecule has 2 aromatic heterocycles. The Balaban J connectivity index is 1.73. The fourth-order valence-corrected chi connectivity index (χ4v) is 5.33. The zero-order valence-electron chi connectivity index (χ0n) is 15.6. The van der Waals surface area contributed by atoms with Gasteiger partial charge in [0.1, 0.15) is 4.83 Å². The van der Waals surface area contributed by atoms with Crippen LogP contribution in [0.5, 0.6) is 0 Å². The predicted octanol–water partition coefficient (Wildman–Crippen LogP) is 4.08. The summed E-state index contributed by atoms with van der Waals surface area (Å²) in [7, 11) is 0. The van der Waals surface area contributed by atoms with Crippen LogP contribution in [-0.2, 0) is 24.3 Å². The normalized spacial score (nSPS) is 13.5. The first-order valence-corrected chi connectivity index (χ1v) is 10.8. The average molecular weight is 413 g/mol. The summed E-state index contributed by atoms with van der Waals surface area (Å²) >= 11 is 2.82. The summed E-state index contributed by atoms with van der Waals surface area (Å²) in [6, 6.07) is 9.17. The van der Waals surface area contributed by atoms with E-state index in [1.165, 1.54) is 23.1 Å². The van der Waals surface area contributed by atoms with E-state index in [4.69, 9.17) is 9.72 Å². The zero-order valence-corrected chi connectivity index (χ0v) is 17.2. The fourth-order valence-electron chi connectivity index (χ4n) is 3.24. The molecule has 5 nitrogen and oxygen atoms in total. The van der Waals surface area contributed by atoms with Crippen molar-refractivity contribution in [3.8, 4) is 0 Å². The molecule has 7 heteroatoms. The Hall–Kier alpha value is -2.22. The van der Waals surface area contributed by atoms with Gasteiger partial charge in [0, 0.05) is 17.0 Å². The van der Waals surface area contributed by atoms with E-state index in [0.29, 0.717) is 35.9 Å². The van der Waals surface area contributed by atoms with Gasteiger partial charge in [-0.2, -0.15) is 0 Å². The molecule has 0 N–H and O–H groups in total. The van der Waals surface area contributed by atoms with Crippen molar-refractivity contribution in [1.29, 1.82) is 0 Å². The van der Waals surface area contributed by atoms with Crippen molar-refractivity contribution in [2.75, 3.05) is 12.4 Å². The second-order valence-electron chi connectivity index (χ2n) is 6.81. The number of Topliss-reactive ketones (excluding diaryl/α,β-unsaturated/α-hetero) is 1. The Bertz CT molecular complexity index is 1120. The summed E-state index contributed by atoms with van der Waals surface area (Å²) in [4.78, 5) is 32.3. The molecule has 0 amide bonds. The van der Waals surface area contributed by atoms with Crippen LogP contribution in [0.4, 0.5) is 0 Å². The number of ketones is 1. The molecule has 4 rings (SSSR count). The minimum Gasteiger partial charge on any atom is -0.376 e. The Kier molecular flexibility index (Phi) is 5.48. The van der Waals surface area contributed by atoms with Gasteiger partial charge in [0.05, 0.1) is 24.4 Å². The van der Waals surface area contributed by atoms with Crippen LogP contribution in [0.2, 0.25) is 0 Å². The lowest BCUT2D eigenvalue weighted by molar-refractivity contribution is 0.102. The molecule has 1 aromatic carbocycles. The molecule has 28 heavy (non-hydrogen) atoms. The van der Waals surface area contributed by atoms with E-state index in [2.05, 4.69) is 6.58 Å². The summed E-state index contributed by atoms with van der Waals surface area (Å²) in [6.45, 7) is 7.39. The van der Waals surface area contributed by atoms with Crippen LogP contribution >= 0.6 is 23.1 Å². The number of benzene rings is 1. The molecule has 0 saturated heterocycles. The molecule has 3 heterocycles. The van der Waals surface area contributed by atoms with Crippen LogP contribution in [0.25, 0.3) is 10.2 Å². The maximum absolute atomic E-state index is 13.3. The highest BCUT2D eigenvalue weighted by Gasteiger charge is 2.23. The lowest BCUT2D eigenvalue weighted by atomic mass is 10.1. The lowest BCUT2D eigenvalue weighted by Crippen LogP contribution is -2.25. The molecule has 0 atom stereocenters. The van der Waals surface area contributed by atoms with Crippen LogP contribution in [0, 0.1) is 0 Å². The van der Waals surface area contributed by atoms with E-state index in [0.717, 1.165) is 27.3 Å². The fraction of sp³-hybridized carbons (Fsp3) is 0.286. The molecule has 0 spiro atoms. The molecule has 3 aromatic rings. The molecule has 0 fully saturated rings. The third-order valence-corrected chi connectivity index (χ3v) is 6.62. The molecule has 0 radical (unpaired) electrons. The number of hydrogen-bond acceptors (Lipinski definition) is 6. The van der Waals surface area contributed by atoms with Gasteiger partial charge in [-0.1, -0.05) is 54.2 Å². The van der Waals surface area contributed by atoms with Crippen LogP contribution in [-0.4, -0.2) is 27.7 Å². The van der Waals surface area contributed by atoms with E-state index >= 15 is 0 Å². The molecular weight excluding hydrogens is 392 g/mol. The standard InChI is InChI=1S/C21H20N2O3S2/c1-13(2)10-23-20(25)18-15-8-9-26-11-17(15)28-19(18)22-21(23)27-12-16(24)14-6-4-3-5-7-14/h3-7H,1,8-12H2,2H3. The van der Waals surface area contributed by atoms with Gasteiger partial charge >= 0.3 is 0 Å². The van der Waals surface area contributed by atoms with Gasteiger partial charge in [-0.25, -0.2) is 4.98 Å². The van der Waals surface area contributed by atoms with E-state index in [1.807, 2.05) is 25.1 Å². The third-order valence-electron chi connectivity index (χ3n) is 4.54. The van der Waals surface area contributed by atoms with Crippen molar-refractivity contribution >= 4 is 39.1 Å². The third kappa shape index (κ3) is 3.70. The minimum absolute atomic E-state index is 0.0145. The van der Waals surface area contributed by atoms with Crippen LogP contribution in [0.1, 0.15) is 27.7 Å². The SMILES string of the molecule is C=C(C)Cn1c(SCC(=O)c2ccccc2)nc2sc3c(c2c1=O)CCOC3. The lowest BCUT2D eigenvalue weighted by Gasteiger charge is -2.13. The van der Waals surface area contributed by atoms with Crippen molar-refractivity contribution in [2.24, 2.45) is 0 Å². The number of carbonyl (C=O) groups excluding carboxylic acids is 1. The highest BCUT2D eigenvalue weighted by Crippen LogP contribution is 2.33. The monoisotopic (exact) mass is 412 g/mol. The largest absolute Gasteiger partial charge is 0.376 e. The van der Waals surface area contributed by atoms with Gasteiger partial charge in [0.15, 0.2) is 10.9 Å². The van der Waals surface area contributed by atoms with E-state index < -0.39 is 0 Å². The minimum atomic E-state index is -0.0536. The van der Waals surface area contributed by atoms with Gasteiger partial charge in [-0.15, -0.1) is 11.3 Å². The summed E-state index contributed by atoms with van der Waals surface area (Å²) in [5.41, 5.74) is 2.54. The van der Waals surface area contributed by atoms with Gasteiger partial charge in [-0.05, 0) is 18.9 Å². The topological polar surface area (TPSA) is 61.2 Å². The van der Waals surface area contributed by atoms with E-state index in [-0.39, 0.29) is 17.1 Å². The number of thioether (sulfide) groups is 1. The maximum atomic E-state index is 13.3. The average Bonchev–Trinajstić information content (AvgIpc) is 3.07. The highest BCUT2D eigenvalue weighted by molar-refractivity contribution is 7.99. The summed E-state index contributed by atoms with van der Waals surface area (Å²) in [6.07, 6.45) is 0.734. The number of fused-ring (bicyclic) bond motifs is 3. The molecule has 0 bridgehead atoms. The van der Waals surface area contributed by atoms with Crippen molar-refractivity contribution in [3.63, 3.8) is 0 Å². The summed E-state index contributed by atoms with van der Waals surface area (Å²) in [5.74, 6) is 0.243. The second-order valence-corrected chi connectivity index (χ2v) is 8.83. The van der Waals surface area contributed by atoms with Gasteiger partial charge in [0.2, 0.25) is 0 Å². The smallest absolute Gasteiger partial charge is 0.263 e. The molecule has 1 aliphatic rings. The number of rotatable bonds is 6. The number of allylic oxidation sites excluding steroid dienone is 1. The van der Waals surface area contributed by atoms with Crippen molar-refractivity contribution < 1.29 is 9.53 Å². The van der Waals surface area contributed by atoms with E-state index in [1.54, 1.807) is 16.7 Å². The zero-order chi connectivity index (χ0) is 19.7. The van der Waals surface area contributed by atoms with Crippen molar-refractivity contribution in [3.05, 3.63) is 68.8 Å². The molecular formula is C21H20N2O3S2. The first-order chi connectivity index (χ1) is 13.5. The van der Waals surface area contributed by atoms with Crippen molar-refractivity contribution in [2.45, 2.75) is 31.7 Å². The number of nitrogens with zero attached hydrogens (tertiary/aromatic N) is 2. The van der Waals surface area contributed by atoms with Gasteiger partial charge in [0.25, 0.3) is 5.56 Å². The maximum Gasteiger partial charge on any atom is 0.263 e. The van der Waals surface area contributed by atoms with Gasteiger partial charge < -0.3 is 4.74 Å². The number of aromatic nitrogens is 2. The highest BCUT2D eigenvalue weighted by atomic mass is 32.2. The number of thiophene rings is 1.